The number of ether oxygens (including phenoxy) is 3. The van der Waals surface area contributed by atoms with Crippen molar-refractivity contribution in [1.82, 2.24) is 48.8 Å². The maximum absolute atomic E-state index is 15.4. The van der Waals surface area contributed by atoms with Gasteiger partial charge in [0.25, 0.3) is 0 Å². The van der Waals surface area contributed by atoms with Crippen molar-refractivity contribution < 1.29 is 77.1 Å². The van der Waals surface area contributed by atoms with E-state index in [0.29, 0.717) is 63.9 Å². The molecule has 0 spiro atoms. The summed E-state index contributed by atoms with van der Waals surface area (Å²) in [5.41, 5.74) is 10.0. The van der Waals surface area contributed by atoms with Gasteiger partial charge in [-0.15, -0.1) is 10.2 Å². The molecule has 0 saturated heterocycles. The minimum absolute atomic E-state index is 0. The van der Waals surface area contributed by atoms with Gasteiger partial charge in [-0.2, -0.15) is 0 Å². The number of pyridine rings is 2. The molecule has 0 unspecified atom stereocenters. The average molecular weight is 1130 g/mol. The molecule has 0 radical (unpaired) electrons. The summed E-state index contributed by atoms with van der Waals surface area (Å²) in [6.07, 6.45) is 16.5. The smallest absolute Gasteiger partial charge is 0.870 e. The molecule has 0 atom stereocenters. The number of rotatable bonds is 20. The zero-order valence-electron chi connectivity index (χ0n) is 46.4. The number of carbonyl (C=O) groups is 4. The first-order chi connectivity index (χ1) is 39.3. The van der Waals surface area contributed by atoms with Crippen molar-refractivity contribution in [2.45, 2.75) is 76.3 Å². The number of esters is 1. The molecule has 3 N–H and O–H groups in total. The van der Waals surface area contributed by atoms with Crippen LogP contribution in [-0.4, -0.2) is 110 Å². The Bertz CT molecular complexity index is 4020. The predicted octanol–water partition coefficient (Wildman–Crippen LogP) is 7.10. The number of Topliss-reactive ketones (excluding diaryl/α,β-unsaturated/α-hetero) is 2. The maximum Gasteiger partial charge on any atom is 1.00 e. The Morgan fingerprint density at radius 1 is 0.548 bits per heavy atom. The number of carboxylic acids is 1. The second-order valence-electron chi connectivity index (χ2n) is 20.1. The number of hydrogen-bond donors (Lipinski definition) is 1. The van der Waals surface area contributed by atoms with Gasteiger partial charge in [0.05, 0.1) is 69.3 Å². The van der Waals surface area contributed by atoms with Crippen LogP contribution in [0.15, 0.2) is 134 Å². The van der Waals surface area contributed by atoms with Crippen molar-refractivity contribution in [1.29, 1.82) is 0 Å². The minimum atomic E-state index is -1.05. The van der Waals surface area contributed by atoms with Gasteiger partial charge in [0.2, 0.25) is 0 Å². The number of methoxy groups -OCH3 is 3. The molecule has 20 nitrogen and oxygen atoms in total. The molecule has 2 saturated carbocycles. The average Bonchev–Trinajstić information content (AvgIpc) is 4.51. The number of hydrogen-bond acceptors (Lipinski definition) is 15. The monoisotopic (exact) mass is 1130 g/mol. The molecular formula is C61H56F2LiN10O10-. The Hall–Kier alpha value is -9.20. The topological polar surface area (TPSA) is 272 Å². The molecule has 0 amide bonds. The van der Waals surface area contributed by atoms with E-state index in [9.17, 15) is 24.3 Å². The number of aromatic nitrogens is 10. The summed E-state index contributed by atoms with van der Waals surface area (Å²) in [4.78, 5) is 58.4. The fourth-order valence-electron chi connectivity index (χ4n) is 9.90. The summed E-state index contributed by atoms with van der Waals surface area (Å²) in [6, 6.07) is 27.6. The van der Waals surface area contributed by atoms with E-state index in [1.807, 2.05) is 33.3 Å². The molecule has 0 bridgehead atoms. The Morgan fingerprint density at radius 3 is 1.35 bits per heavy atom. The largest absolute Gasteiger partial charge is 1.00 e. The van der Waals surface area contributed by atoms with E-state index >= 15 is 8.78 Å². The predicted molar refractivity (Wildman–Crippen MR) is 297 cm³/mol. The summed E-state index contributed by atoms with van der Waals surface area (Å²) in [7, 11) is 4.08. The Labute approximate surface area is 491 Å². The van der Waals surface area contributed by atoms with Crippen LogP contribution in [0.4, 0.5) is 8.78 Å². The Balaban J connectivity index is 0.000000212. The summed E-state index contributed by atoms with van der Waals surface area (Å²) in [6.45, 7) is 0.735. The molecule has 426 valence electrons. The van der Waals surface area contributed by atoms with Gasteiger partial charge in [0.1, 0.15) is 22.7 Å². The van der Waals surface area contributed by atoms with Gasteiger partial charge < -0.3 is 39.1 Å². The molecule has 10 aromatic rings. The second kappa shape index (κ2) is 26.4. The van der Waals surface area contributed by atoms with Gasteiger partial charge in [0, 0.05) is 37.6 Å². The number of benzene rings is 4. The van der Waals surface area contributed by atoms with Gasteiger partial charge in [-0.1, -0.05) is 59.0 Å². The number of imidazole rings is 2. The molecule has 2 aliphatic carbocycles. The third-order valence-electron chi connectivity index (χ3n) is 14.6. The summed E-state index contributed by atoms with van der Waals surface area (Å²) < 4.78 is 53.0. The fourth-order valence-corrected chi connectivity index (χ4v) is 9.90. The third kappa shape index (κ3) is 13.5. The maximum atomic E-state index is 15.4. The first-order valence-electron chi connectivity index (χ1n) is 26.4. The zero-order chi connectivity index (χ0) is 56.3. The number of carboxylic acid groups (broad SMARTS) is 1. The van der Waals surface area contributed by atoms with Gasteiger partial charge in [-0.3, -0.25) is 9.59 Å². The summed E-state index contributed by atoms with van der Waals surface area (Å²) in [5.74, 6) is -1.66. The first-order valence-corrected chi connectivity index (χ1v) is 26.4. The molecule has 0 aliphatic heterocycles. The number of fused-ring (bicyclic) bond motifs is 2. The number of ketones is 2. The quantitative estimate of drug-likeness (QED) is 0.0453. The second-order valence-corrected chi connectivity index (χ2v) is 20.1. The molecule has 2 aliphatic rings. The van der Waals surface area contributed by atoms with E-state index in [0.717, 1.165) is 22.7 Å². The molecule has 4 aromatic carbocycles. The van der Waals surface area contributed by atoms with Crippen LogP contribution in [0.5, 0.6) is 11.5 Å². The van der Waals surface area contributed by atoms with Crippen molar-refractivity contribution in [3.8, 4) is 33.8 Å². The molecule has 23 heteroatoms. The number of halogens is 2. The van der Waals surface area contributed by atoms with Crippen LogP contribution < -0.4 is 28.3 Å². The van der Waals surface area contributed by atoms with Crippen LogP contribution in [0, 0.1) is 11.6 Å². The van der Waals surface area contributed by atoms with Crippen LogP contribution in [0.1, 0.15) is 126 Å². The van der Waals surface area contributed by atoms with Crippen molar-refractivity contribution in [3.63, 3.8) is 0 Å². The van der Waals surface area contributed by atoms with Crippen LogP contribution >= 0.6 is 0 Å². The summed E-state index contributed by atoms with van der Waals surface area (Å²) in [5, 5.41) is 25.5. The van der Waals surface area contributed by atoms with E-state index in [1.165, 1.54) is 76.3 Å². The Morgan fingerprint density at radius 2 is 0.964 bits per heavy atom. The SMILES string of the molecule is COC(=O)c1ccc(-c2ccc(OC)c(F)c2CCC(=O)c2cn(Cc3cn4cc(C5CC5)ccc4n3)nn2)cc1.COc1ccc(-c2ccc(C(=O)O)cc2)c(CCC(=O)c2cn(Cc3cn4cc(C5CC5)ccc4n3)nn2)c1F.[Li+].[OH-].[OH-]. The van der Waals surface area contributed by atoms with Crippen molar-refractivity contribution >= 4 is 34.8 Å². The van der Waals surface area contributed by atoms with Gasteiger partial charge in [-0.25, -0.2) is 37.7 Å². The fraction of sp³-hybridized carbons (Fsp3) is 0.246. The molecular weight excluding hydrogens is 1080 g/mol. The van der Waals surface area contributed by atoms with E-state index in [1.54, 1.807) is 76.4 Å². The molecule has 6 heterocycles. The normalized spacial score (nSPS) is 12.5. The van der Waals surface area contributed by atoms with Crippen molar-refractivity contribution in [2.75, 3.05) is 21.3 Å². The van der Waals surface area contributed by atoms with E-state index < -0.39 is 23.6 Å². The van der Waals surface area contributed by atoms with E-state index in [4.69, 9.17) is 14.2 Å². The molecule has 12 rings (SSSR count). The van der Waals surface area contributed by atoms with Crippen LogP contribution in [-0.2, 0) is 30.7 Å². The molecule has 6 aromatic heterocycles. The third-order valence-corrected chi connectivity index (χ3v) is 14.6. The van der Waals surface area contributed by atoms with Crippen molar-refractivity contribution in [3.05, 3.63) is 202 Å². The standard InChI is InChI=1S/C31H28FN5O4.C30H26FN5O4.Li.2H2O/c1-40-28-13-11-24(20-5-7-21(8-6-20)31(39)41-2)25(30(28)32)10-12-27(38)26-18-37(35-34-26)17-23-16-36-15-22(19-3-4-19)9-14-29(36)33-23;1-40-27-12-10-23(19-4-6-20(7-5-19)30(38)39)24(29(27)31)9-11-26(37)25-17-36(34-33-25)16-22-15-35-14-21(18-2-3-18)8-13-28(35)32-22;;;/h5-9,11,13-16,18-19H,3-4,10,12,17H2,1-2H3;4-8,10,12-15,17-18H,2-3,9,11,16H2,1H3,(H,38,39);;2*1H2/q;;+1;;/p-2. The van der Waals surface area contributed by atoms with Crippen LogP contribution in [0.25, 0.3) is 33.5 Å². The number of aromatic carboxylic acids is 1. The van der Waals surface area contributed by atoms with Crippen LogP contribution in [0.3, 0.4) is 0 Å². The van der Waals surface area contributed by atoms with Gasteiger partial charge in [-0.05, 0) is 143 Å². The number of carbonyl (C=O) groups excluding carboxylic acids is 3. The zero-order valence-corrected chi connectivity index (χ0v) is 46.4. The van der Waals surface area contributed by atoms with Gasteiger partial charge in [0.15, 0.2) is 34.7 Å². The first kappa shape index (κ1) is 60.9. The van der Waals surface area contributed by atoms with E-state index in [2.05, 4.69) is 55.1 Å². The molecule has 84 heavy (non-hydrogen) atoms. The number of nitrogens with zero attached hydrogens (tertiary/aromatic N) is 10. The Kier molecular flexibility index (Phi) is 19.1. The van der Waals surface area contributed by atoms with Gasteiger partial charge >= 0.3 is 30.8 Å². The molecule has 2 fully saturated rings. The van der Waals surface area contributed by atoms with Crippen LogP contribution in [0.2, 0.25) is 0 Å². The van der Waals surface area contributed by atoms with Crippen molar-refractivity contribution in [2.24, 2.45) is 0 Å². The summed E-state index contributed by atoms with van der Waals surface area (Å²) >= 11 is 0. The van der Waals surface area contributed by atoms with E-state index in [-0.39, 0.29) is 95.5 Å². The minimum Gasteiger partial charge on any atom is -0.870 e.